The van der Waals surface area contributed by atoms with E-state index in [1.165, 1.54) is 4.88 Å². The van der Waals surface area contributed by atoms with E-state index in [1.807, 2.05) is 12.1 Å². The van der Waals surface area contributed by atoms with Gasteiger partial charge in [-0.05, 0) is 19.1 Å². The van der Waals surface area contributed by atoms with Crippen molar-refractivity contribution in [2.24, 2.45) is 0 Å². The molecule has 0 aliphatic rings. The van der Waals surface area contributed by atoms with Crippen LogP contribution in [0, 0.1) is 6.92 Å². The van der Waals surface area contributed by atoms with E-state index >= 15 is 0 Å². The van der Waals surface area contributed by atoms with Gasteiger partial charge in [-0.2, -0.15) is 0 Å². The molecule has 0 saturated heterocycles. The molecule has 2 rings (SSSR count). The van der Waals surface area contributed by atoms with Crippen LogP contribution in [0.5, 0.6) is 0 Å². The van der Waals surface area contributed by atoms with Crippen molar-refractivity contribution < 1.29 is 4.74 Å². The minimum Gasteiger partial charge on any atom is -0.378 e. The lowest BCUT2D eigenvalue weighted by molar-refractivity contribution is 0.184. The summed E-state index contributed by atoms with van der Waals surface area (Å²) in [5.41, 5.74) is 2.21. The molecule has 2 nitrogen and oxygen atoms in total. The van der Waals surface area contributed by atoms with Crippen LogP contribution in [-0.4, -0.2) is 12.1 Å². The minimum atomic E-state index is 0.585. The van der Waals surface area contributed by atoms with E-state index in [1.54, 1.807) is 18.4 Å². The number of rotatable bonds is 3. The lowest BCUT2D eigenvalue weighted by atomic mass is 10.1. The summed E-state index contributed by atoms with van der Waals surface area (Å²) in [6, 6.07) is 8.21. The van der Waals surface area contributed by atoms with Crippen LogP contribution in [0.4, 0.5) is 0 Å². The monoisotopic (exact) mass is 297 g/mol. The highest BCUT2D eigenvalue weighted by molar-refractivity contribution is 9.10. The average molecular weight is 298 g/mol. The van der Waals surface area contributed by atoms with Gasteiger partial charge in [0.2, 0.25) is 0 Å². The van der Waals surface area contributed by atoms with E-state index in [9.17, 15) is 0 Å². The van der Waals surface area contributed by atoms with Crippen molar-refractivity contribution in [3.8, 4) is 11.3 Å². The molecule has 84 valence electrons. The van der Waals surface area contributed by atoms with Gasteiger partial charge >= 0.3 is 0 Å². The van der Waals surface area contributed by atoms with Gasteiger partial charge in [-0.15, -0.1) is 11.3 Å². The van der Waals surface area contributed by atoms with Crippen molar-refractivity contribution in [1.29, 1.82) is 0 Å². The Hall–Kier alpha value is -0.710. The Labute approximate surface area is 107 Å². The molecule has 0 aliphatic carbocycles. The van der Waals surface area contributed by atoms with Crippen LogP contribution in [0.15, 0.2) is 28.7 Å². The minimum absolute atomic E-state index is 0.585. The van der Waals surface area contributed by atoms with E-state index < -0.39 is 0 Å². The molecule has 2 aromatic rings. The number of nitrogens with zero attached hydrogens (tertiary/aromatic N) is 1. The molecule has 0 spiro atoms. The second-order valence-corrected chi connectivity index (χ2v) is 5.66. The number of thiazole rings is 1. The van der Waals surface area contributed by atoms with Crippen molar-refractivity contribution in [2.45, 2.75) is 13.5 Å². The third-order valence-electron chi connectivity index (χ3n) is 2.23. The highest BCUT2D eigenvalue weighted by Crippen LogP contribution is 2.28. The van der Waals surface area contributed by atoms with E-state index in [4.69, 9.17) is 4.74 Å². The normalized spacial score (nSPS) is 10.7. The van der Waals surface area contributed by atoms with Gasteiger partial charge in [0.25, 0.3) is 0 Å². The smallest absolute Gasteiger partial charge is 0.119 e. The van der Waals surface area contributed by atoms with Gasteiger partial charge < -0.3 is 4.74 Å². The first kappa shape index (κ1) is 11.8. The average Bonchev–Trinajstić information content (AvgIpc) is 2.61. The van der Waals surface area contributed by atoms with Crippen LogP contribution in [0.25, 0.3) is 11.3 Å². The summed E-state index contributed by atoms with van der Waals surface area (Å²) in [4.78, 5) is 5.81. The summed E-state index contributed by atoms with van der Waals surface area (Å²) in [7, 11) is 1.69. The quantitative estimate of drug-likeness (QED) is 0.853. The standard InChI is InChI=1S/C12H12BrNOS/c1-8-12(14-11(16-8)7-15-2)9-3-5-10(13)6-4-9/h3-6H,7H2,1-2H3. The fourth-order valence-corrected chi connectivity index (χ4v) is 2.70. The zero-order chi connectivity index (χ0) is 11.5. The second-order valence-electron chi connectivity index (χ2n) is 3.45. The molecule has 0 N–H and O–H groups in total. The molecule has 4 heteroatoms. The van der Waals surface area contributed by atoms with Crippen LogP contribution in [0.1, 0.15) is 9.88 Å². The van der Waals surface area contributed by atoms with Gasteiger partial charge in [-0.25, -0.2) is 4.98 Å². The van der Waals surface area contributed by atoms with E-state index in [2.05, 4.69) is 40.0 Å². The highest BCUT2D eigenvalue weighted by Gasteiger charge is 2.09. The number of methoxy groups -OCH3 is 1. The Morgan fingerprint density at radius 2 is 2.00 bits per heavy atom. The van der Waals surface area contributed by atoms with Crippen LogP contribution in [-0.2, 0) is 11.3 Å². The molecule has 1 aromatic carbocycles. The largest absolute Gasteiger partial charge is 0.378 e. The molecule has 0 radical (unpaired) electrons. The number of aryl methyl sites for hydroxylation is 1. The topological polar surface area (TPSA) is 22.1 Å². The summed E-state index contributed by atoms with van der Waals surface area (Å²) < 4.78 is 6.18. The Morgan fingerprint density at radius 1 is 1.31 bits per heavy atom. The Kier molecular flexibility index (Phi) is 3.74. The second kappa shape index (κ2) is 5.08. The molecule has 0 fully saturated rings. The highest BCUT2D eigenvalue weighted by atomic mass is 79.9. The van der Waals surface area contributed by atoms with Crippen molar-refractivity contribution in [1.82, 2.24) is 4.98 Å². The molecule has 0 unspecified atom stereocenters. The number of aromatic nitrogens is 1. The molecular formula is C12H12BrNOS. The van der Waals surface area contributed by atoms with Crippen LogP contribution in [0.2, 0.25) is 0 Å². The van der Waals surface area contributed by atoms with Crippen molar-refractivity contribution in [3.05, 3.63) is 38.6 Å². The molecule has 16 heavy (non-hydrogen) atoms. The van der Waals surface area contributed by atoms with Gasteiger partial charge in [0, 0.05) is 22.0 Å². The first-order chi connectivity index (χ1) is 7.70. The van der Waals surface area contributed by atoms with Gasteiger partial charge in [0.1, 0.15) is 5.01 Å². The number of ether oxygens (including phenoxy) is 1. The maximum absolute atomic E-state index is 5.09. The molecule has 0 saturated carbocycles. The number of hydrogen-bond donors (Lipinski definition) is 0. The third-order valence-corrected chi connectivity index (χ3v) is 3.70. The van der Waals surface area contributed by atoms with Gasteiger partial charge in [0.15, 0.2) is 0 Å². The lowest BCUT2D eigenvalue weighted by Gasteiger charge is -1.98. The maximum atomic E-state index is 5.09. The predicted molar refractivity (Wildman–Crippen MR) is 70.7 cm³/mol. The first-order valence-electron chi connectivity index (χ1n) is 4.92. The number of hydrogen-bond acceptors (Lipinski definition) is 3. The van der Waals surface area contributed by atoms with E-state index in [0.717, 1.165) is 20.7 Å². The van der Waals surface area contributed by atoms with E-state index in [-0.39, 0.29) is 0 Å². The molecule has 0 amide bonds. The molecule has 0 atom stereocenters. The Bertz CT molecular complexity index is 478. The fraction of sp³-hybridized carbons (Fsp3) is 0.250. The molecule has 0 aliphatic heterocycles. The molecule has 1 aromatic heterocycles. The third kappa shape index (κ3) is 2.51. The Morgan fingerprint density at radius 3 is 2.62 bits per heavy atom. The van der Waals surface area contributed by atoms with Crippen molar-refractivity contribution in [2.75, 3.05) is 7.11 Å². The predicted octanol–water partition coefficient (Wildman–Crippen LogP) is 4.03. The molecule has 1 heterocycles. The summed E-state index contributed by atoms with van der Waals surface area (Å²) in [5, 5.41) is 1.03. The van der Waals surface area contributed by atoms with Gasteiger partial charge in [-0.1, -0.05) is 28.1 Å². The summed E-state index contributed by atoms with van der Waals surface area (Å²) in [6.07, 6.45) is 0. The van der Waals surface area contributed by atoms with Crippen molar-refractivity contribution >= 4 is 27.3 Å². The zero-order valence-corrected chi connectivity index (χ0v) is 11.6. The number of halogens is 1. The summed E-state index contributed by atoms with van der Waals surface area (Å²) in [6.45, 7) is 2.68. The summed E-state index contributed by atoms with van der Waals surface area (Å²) in [5.74, 6) is 0. The molecular weight excluding hydrogens is 286 g/mol. The van der Waals surface area contributed by atoms with E-state index in [0.29, 0.717) is 6.61 Å². The maximum Gasteiger partial charge on any atom is 0.119 e. The van der Waals surface area contributed by atoms with Gasteiger partial charge in [0.05, 0.1) is 12.3 Å². The van der Waals surface area contributed by atoms with Crippen LogP contribution in [0.3, 0.4) is 0 Å². The SMILES string of the molecule is COCc1nc(-c2ccc(Br)cc2)c(C)s1. The molecule has 0 bridgehead atoms. The lowest BCUT2D eigenvalue weighted by Crippen LogP contribution is -1.86. The fourth-order valence-electron chi connectivity index (χ4n) is 1.51. The van der Waals surface area contributed by atoms with Gasteiger partial charge in [-0.3, -0.25) is 0 Å². The number of benzene rings is 1. The van der Waals surface area contributed by atoms with Crippen molar-refractivity contribution in [3.63, 3.8) is 0 Å². The zero-order valence-electron chi connectivity index (χ0n) is 9.16. The summed E-state index contributed by atoms with van der Waals surface area (Å²) >= 11 is 5.12. The van der Waals surface area contributed by atoms with Crippen LogP contribution < -0.4 is 0 Å². The first-order valence-corrected chi connectivity index (χ1v) is 6.53. The Balaban J connectivity index is 2.36. The van der Waals surface area contributed by atoms with Crippen LogP contribution >= 0.6 is 27.3 Å².